The van der Waals surface area contributed by atoms with Crippen molar-refractivity contribution in [3.8, 4) is 11.5 Å². The maximum atomic E-state index is 13.4. The van der Waals surface area contributed by atoms with Crippen LogP contribution in [0.15, 0.2) is 119 Å². The Morgan fingerprint density at radius 3 is 1.43 bits per heavy atom. The highest BCUT2D eigenvalue weighted by atomic mass is 35.5. The van der Waals surface area contributed by atoms with Crippen molar-refractivity contribution in [1.82, 2.24) is 20.3 Å². The maximum Gasteiger partial charge on any atom is 0.193 e. The van der Waals surface area contributed by atoms with Crippen LogP contribution < -0.4 is 20.1 Å². The summed E-state index contributed by atoms with van der Waals surface area (Å²) in [6.07, 6.45) is 3.38. The number of ketones is 2. The van der Waals surface area contributed by atoms with E-state index in [0.717, 1.165) is 33.2 Å². The average molecular weight is 792 g/mol. The number of anilines is 2. The van der Waals surface area contributed by atoms with E-state index in [-0.39, 0.29) is 11.6 Å². The van der Waals surface area contributed by atoms with Crippen LogP contribution in [0.1, 0.15) is 55.7 Å². The molecular formula is C42H36Cl2N6O6. The minimum Gasteiger partial charge on any atom is -0.497 e. The zero-order chi connectivity index (χ0) is 39.3. The third-order valence-electron chi connectivity index (χ3n) is 8.99. The lowest BCUT2D eigenvalue weighted by Crippen LogP contribution is -2.21. The Labute approximate surface area is 331 Å². The molecule has 4 heterocycles. The topological polar surface area (TPSA) is 160 Å². The molecule has 2 atom stereocenters. The van der Waals surface area contributed by atoms with Gasteiger partial charge in [-0.3, -0.25) is 9.59 Å². The number of aromatic amines is 2. The Morgan fingerprint density at radius 1 is 0.625 bits per heavy atom. The molecule has 0 saturated carbocycles. The van der Waals surface area contributed by atoms with Crippen LogP contribution in [0, 0.1) is 13.8 Å². The number of rotatable bonds is 12. The number of nitrogens with one attached hydrogen (secondary N) is 4. The number of carbonyl (C=O) groups is 2. The van der Waals surface area contributed by atoms with Crippen molar-refractivity contribution in [2.24, 2.45) is 0 Å². The van der Waals surface area contributed by atoms with E-state index < -0.39 is 12.1 Å². The van der Waals surface area contributed by atoms with E-state index >= 15 is 0 Å². The molecule has 0 aliphatic rings. The Hall–Kier alpha value is -6.50. The Kier molecular flexibility index (Phi) is 11.1. The van der Waals surface area contributed by atoms with Gasteiger partial charge in [-0.05, 0) is 62.4 Å². The molecule has 0 spiro atoms. The van der Waals surface area contributed by atoms with Crippen molar-refractivity contribution in [1.29, 1.82) is 0 Å². The van der Waals surface area contributed by atoms with Crippen LogP contribution in [0.25, 0.3) is 21.8 Å². The molecule has 2 unspecified atom stereocenters. The number of Topliss-reactive ketones (excluding diaryl/α,β-unsaturated/α-hetero) is 2. The molecule has 4 aromatic carbocycles. The summed E-state index contributed by atoms with van der Waals surface area (Å²) < 4.78 is 21.0. The number of hydrogen-bond acceptors (Lipinski definition) is 10. The Morgan fingerprint density at radius 2 is 1.05 bits per heavy atom. The van der Waals surface area contributed by atoms with Gasteiger partial charge in [0.25, 0.3) is 0 Å². The van der Waals surface area contributed by atoms with Crippen LogP contribution >= 0.6 is 23.2 Å². The molecule has 4 aromatic heterocycles. The maximum absolute atomic E-state index is 13.4. The van der Waals surface area contributed by atoms with Gasteiger partial charge in [0.05, 0.1) is 14.2 Å². The van der Waals surface area contributed by atoms with E-state index in [9.17, 15) is 9.59 Å². The second kappa shape index (κ2) is 16.5. The zero-order valence-electron chi connectivity index (χ0n) is 30.6. The standard InChI is InChI=1S/2C21H18ClN3O3/c2*1-12-8-19(25-28-12)20(24-14-4-3-5-15(10-14)27-2)21(26)17-11-23-18-9-13(22)6-7-16(17)18/h2*3-11,20,23-24H,1-2H3. The van der Waals surface area contributed by atoms with E-state index in [2.05, 4.69) is 30.9 Å². The number of hydrogen-bond donors (Lipinski definition) is 4. The van der Waals surface area contributed by atoms with Gasteiger partial charge < -0.3 is 39.1 Å². The number of methoxy groups -OCH3 is 2. The van der Waals surface area contributed by atoms with Gasteiger partial charge in [0, 0.05) is 91.0 Å². The lowest BCUT2D eigenvalue weighted by atomic mass is 10.00. The smallest absolute Gasteiger partial charge is 0.193 e. The molecule has 8 rings (SSSR count). The van der Waals surface area contributed by atoms with Crippen LogP contribution in [-0.2, 0) is 0 Å². The van der Waals surface area contributed by atoms with Crippen molar-refractivity contribution in [3.63, 3.8) is 0 Å². The van der Waals surface area contributed by atoms with Crippen molar-refractivity contribution in [3.05, 3.63) is 154 Å². The van der Waals surface area contributed by atoms with Crippen molar-refractivity contribution < 1.29 is 28.1 Å². The van der Waals surface area contributed by atoms with Gasteiger partial charge in [0.2, 0.25) is 0 Å². The Bertz CT molecular complexity index is 2480. The molecule has 0 aliphatic carbocycles. The first-order valence-electron chi connectivity index (χ1n) is 17.4. The highest BCUT2D eigenvalue weighted by Gasteiger charge is 2.29. The molecule has 0 bridgehead atoms. The van der Waals surface area contributed by atoms with E-state index in [1.54, 1.807) is 76.9 Å². The predicted molar refractivity (Wildman–Crippen MR) is 216 cm³/mol. The van der Waals surface area contributed by atoms with Crippen LogP contribution in [0.2, 0.25) is 10.0 Å². The molecule has 12 nitrogen and oxygen atoms in total. The van der Waals surface area contributed by atoms with Gasteiger partial charge in [-0.25, -0.2) is 0 Å². The van der Waals surface area contributed by atoms with Gasteiger partial charge in [-0.15, -0.1) is 0 Å². The number of carbonyl (C=O) groups excluding carboxylic acids is 2. The van der Waals surface area contributed by atoms with Gasteiger partial charge in [-0.1, -0.05) is 57.8 Å². The first-order valence-corrected chi connectivity index (χ1v) is 18.1. The number of H-pyrrole nitrogens is 2. The van der Waals surface area contributed by atoms with Crippen molar-refractivity contribution in [2.45, 2.75) is 25.9 Å². The molecule has 0 fully saturated rings. The fourth-order valence-electron chi connectivity index (χ4n) is 6.27. The number of aromatic nitrogens is 4. The fourth-order valence-corrected chi connectivity index (χ4v) is 6.61. The van der Waals surface area contributed by atoms with Gasteiger partial charge in [0.15, 0.2) is 11.6 Å². The number of fused-ring (bicyclic) bond motifs is 2. The minimum absolute atomic E-state index is 0.135. The number of halogens is 2. The summed E-state index contributed by atoms with van der Waals surface area (Å²) in [5, 5.41) is 17.4. The van der Waals surface area contributed by atoms with Crippen molar-refractivity contribution in [2.75, 3.05) is 24.9 Å². The molecule has 8 aromatic rings. The fraction of sp³-hybridized carbons (Fsp3) is 0.143. The first kappa shape index (κ1) is 37.8. The molecule has 4 N–H and O–H groups in total. The molecule has 0 radical (unpaired) electrons. The summed E-state index contributed by atoms with van der Waals surface area (Å²) in [6, 6.07) is 27.6. The van der Waals surface area contributed by atoms with Crippen LogP contribution in [-0.4, -0.2) is 46.1 Å². The SMILES string of the molecule is COc1cccc(NC(C(=O)c2c[nH]c3cc(Cl)ccc23)c2cc(C)on2)c1.COc1cccc(NC(C(=O)c2c[nH]c3cc(Cl)ccc23)c2cc(C)on2)c1. The van der Waals surface area contributed by atoms with Gasteiger partial charge >= 0.3 is 0 Å². The monoisotopic (exact) mass is 790 g/mol. The third-order valence-corrected chi connectivity index (χ3v) is 9.46. The number of ether oxygens (including phenoxy) is 2. The number of benzene rings is 4. The quantitative estimate of drug-likeness (QED) is 0.0877. The minimum atomic E-state index is -0.723. The highest BCUT2D eigenvalue weighted by Crippen LogP contribution is 2.32. The van der Waals surface area contributed by atoms with Crippen LogP contribution in [0.4, 0.5) is 11.4 Å². The van der Waals surface area contributed by atoms with Gasteiger partial charge in [0.1, 0.15) is 46.5 Å². The zero-order valence-corrected chi connectivity index (χ0v) is 32.2. The molecule has 56 heavy (non-hydrogen) atoms. The molecule has 284 valence electrons. The molecule has 0 amide bonds. The van der Waals surface area contributed by atoms with Crippen LogP contribution in [0.5, 0.6) is 11.5 Å². The third kappa shape index (κ3) is 8.26. The largest absolute Gasteiger partial charge is 0.497 e. The van der Waals surface area contributed by atoms with Crippen LogP contribution in [0.3, 0.4) is 0 Å². The van der Waals surface area contributed by atoms with Gasteiger partial charge in [-0.2, -0.15) is 0 Å². The average Bonchev–Trinajstić information content (AvgIpc) is 4.03. The van der Waals surface area contributed by atoms with E-state index in [0.29, 0.717) is 55.6 Å². The second-order valence-electron chi connectivity index (χ2n) is 12.9. The number of aryl methyl sites for hydroxylation is 2. The summed E-state index contributed by atoms with van der Waals surface area (Å²) >= 11 is 12.1. The summed E-state index contributed by atoms with van der Waals surface area (Å²) in [6.45, 7) is 3.58. The lowest BCUT2D eigenvalue weighted by Gasteiger charge is -2.17. The van der Waals surface area contributed by atoms with Crippen molar-refractivity contribution >= 4 is 67.9 Å². The molecule has 0 saturated heterocycles. The first-order chi connectivity index (χ1) is 27.1. The molecular weight excluding hydrogens is 755 g/mol. The van der Waals surface area contributed by atoms with E-state index in [1.165, 1.54) is 0 Å². The Balaban J connectivity index is 0.000000172. The molecule has 14 heteroatoms. The molecule has 0 aliphatic heterocycles. The predicted octanol–water partition coefficient (Wildman–Crippen LogP) is 10.3. The summed E-state index contributed by atoms with van der Waals surface area (Å²) in [5.41, 5.74) is 5.19. The summed E-state index contributed by atoms with van der Waals surface area (Å²) in [4.78, 5) is 33.1. The lowest BCUT2D eigenvalue weighted by molar-refractivity contribution is 0.0960. The van der Waals surface area contributed by atoms with E-state index in [1.807, 2.05) is 60.7 Å². The summed E-state index contributed by atoms with van der Waals surface area (Å²) in [5.74, 6) is 2.37. The highest BCUT2D eigenvalue weighted by molar-refractivity contribution is 6.32. The normalized spacial score (nSPS) is 12.1. The second-order valence-corrected chi connectivity index (χ2v) is 13.7. The summed E-state index contributed by atoms with van der Waals surface area (Å²) in [7, 11) is 3.19. The number of nitrogens with zero attached hydrogens (tertiary/aromatic N) is 2. The van der Waals surface area contributed by atoms with E-state index in [4.69, 9.17) is 41.7 Å².